The molecular formula is C7H9ClN2O2S. The zero-order chi connectivity index (χ0) is 10.2. The number of rotatable bonds is 1. The minimum Gasteiger partial charge on any atom is -0.223 e. The van der Waals surface area contributed by atoms with E-state index in [4.69, 9.17) is 11.6 Å². The molecule has 1 aromatic heterocycles. The van der Waals surface area contributed by atoms with Gasteiger partial charge in [0.25, 0.3) is 0 Å². The Morgan fingerprint density at radius 3 is 2.15 bits per heavy atom. The van der Waals surface area contributed by atoms with Crippen LogP contribution in [0, 0.1) is 13.8 Å². The lowest BCUT2D eigenvalue weighted by atomic mass is 10.3. The Labute approximate surface area is 81.9 Å². The van der Waals surface area contributed by atoms with E-state index >= 15 is 0 Å². The van der Waals surface area contributed by atoms with Crippen molar-refractivity contribution in [3.8, 4) is 0 Å². The van der Waals surface area contributed by atoms with E-state index in [0.29, 0.717) is 11.3 Å². The van der Waals surface area contributed by atoms with E-state index in [1.165, 1.54) is 0 Å². The van der Waals surface area contributed by atoms with Crippen molar-refractivity contribution >= 4 is 21.4 Å². The van der Waals surface area contributed by atoms with Crippen LogP contribution in [0.5, 0.6) is 0 Å². The molecule has 0 saturated heterocycles. The summed E-state index contributed by atoms with van der Waals surface area (Å²) in [6.45, 7) is 3.43. The number of hydrogen-bond donors (Lipinski definition) is 0. The SMILES string of the molecule is Cc1nc(S(C)(=O)=O)nc(Cl)c1C. The standard InChI is InChI=1S/C7H9ClN2O2S/c1-4-5(2)9-7(10-6(4)8)13(3,11)12/h1-3H3. The third-order valence-corrected chi connectivity index (χ3v) is 2.85. The number of hydrogen-bond acceptors (Lipinski definition) is 4. The lowest BCUT2D eigenvalue weighted by molar-refractivity contribution is 0.592. The lowest BCUT2D eigenvalue weighted by Gasteiger charge is -2.03. The summed E-state index contributed by atoms with van der Waals surface area (Å²) in [5, 5.41) is -0.0338. The van der Waals surface area contributed by atoms with Gasteiger partial charge >= 0.3 is 0 Å². The molecule has 0 atom stereocenters. The number of nitrogens with zero attached hydrogens (tertiary/aromatic N) is 2. The van der Waals surface area contributed by atoms with Gasteiger partial charge in [0, 0.05) is 17.5 Å². The molecule has 0 aliphatic carbocycles. The van der Waals surface area contributed by atoms with Gasteiger partial charge in [-0.05, 0) is 13.8 Å². The maximum atomic E-state index is 11.1. The molecule has 0 aliphatic rings. The molecule has 0 unspecified atom stereocenters. The Balaban J connectivity index is 3.47. The maximum absolute atomic E-state index is 11.1. The molecule has 6 heteroatoms. The summed E-state index contributed by atoms with van der Waals surface area (Å²) < 4.78 is 22.1. The zero-order valence-electron chi connectivity index (χ0n) is 7.50. The van der Waals surface area contributed by atoms with Crippen molar-refractivity contribution in [3.05, 3.63) is 16.4 Å². The van der Waals surface area contributed by atoms with E-state index in [2.05, 4.69) is 9.97 Å². The average molecular weight is 221 g/mol. The highest BCUT2D eigenvalue weighted by atomic mass is 35.5. The largest absolute Gasteiger partial charge is 0.248 e. The first-order valence-corrected chi connectivity index (χ1v) is 5.80. The van der Waals surface area contributed by atoms with Gasteiger partial charge in [0.05, 0.1) is 0 Å². The molecule has 0 N–H and O–H groups in total. The van der Waals surface area contributed by atoms with Crippen LogP contribution in [0.25, 0.3) is 0 Å². The molecule has 1 rings (SSSR count). The highest BCUT2D eigenvalue weighted by Gasteiger charge is 2.14. The first kappa shape index (κ1) is 10.4. The zero-order valence-corrected chi connectivity index (χ0v) is 9.07. The van der Waals surface area contributed by atoms with Gasteiger partial charge < -0.3 is 0 Å². The summed E-state index contributed by atoms with van der Waals surface area (Å²) in [5.74, 6) is 0. The topological polar surface area (TPSA) is 59.9 Å². The summed E-state index contributed by atoms with van der Waals surface area (Å²) in [5.41, 5.74) is 1.29. The Bertz CT molecular complexity index is 419. The first-order valence-electron chi connectivity index (χ1n) is 3.53. The van der Waals surface area contributed by atoms with Gasteiger partial charge in [-0.3, -0.25) is 0 Å². The molecule has 0 aromatic carbocycles. The molecule has 0 saturated carbocycles. The van der Waals surface area contributed by atoms with E-state index in [1.807, 2.05) is 0 Å². The fourth-order valence-electron chi connectivity index (χ4n) is 0.735. The van der Waals surface area contributed by atoms with Crippen LogP contribution in [-0.2, 0) is 9.84 Å². The van der Waals surface area contributed by atoms with Crippen molar-refractivity contribution in [2.45, 2.75) is 19.0 Å². The second-order valence-electron chi connectivity index (χ2n) is 2.78. The second-order valence-corrected chi connectivity index (χ2v) is 5.05. The van der Waals surface area contributed by atoms with E-state index in [0.717, 1.165) is 6.26 Å². The van der Waals surface area contributed by atoms with Gasteiger partial charge in [-0.25, -0.2) is 18.4 Å². The molecule has 0 radical (unpaired) electrons. The quantitative estimate of drug-likeness (QED) is 0.526. The summed E-state index contributed by atoms with van der Waals surface area (Å²) in [4.78, 5) is 7.49. The van der Waals surface area contributed by atoms with Crippen molar-refractivity contribution in [3.63, 3.8) is 0 Å². The molecule has 0 spiro atoms. The molecule has 1 heterocycles. The lowest BCUT2D eigenvalue weighted by Crippen LogP contribution is -2.06. The van der Waals surface area contributed by atoms with Crippen LogP contribution in [0.4, 0.5) is 0 Å². The van der Waals surface area contributed by atoms with Crippen LogP contribution in [-0.4, -0.2) is 24.6 Å². The minimum atomic E-state index is -3.37. The molecule has 4 nitrogen and oxygen atoms in total. The van der Waals surface area contributed by atoms with Gasteiger partial charge in [0.2, 0.25) is 15.0 Å². The predicted molar refractivity (Wildman–Crippen MR) is 49.6 cm³/mol. The molecule has 72 valence electrons. The summed E-state index contributed by atoms with van der Waals surface area (Å²) in [7, 11) is -3.37. The van der Waals surface area contributed by atoms with Crippen molar-refractivity contribution in [1.82, 2.24) is 9.97 Å². The third kappa shape index (κ3) is 2.16. The van der Waals surface area contributed by atoms with Gasteiger partial charge in [0.15, 0.2) is 0 Å². The van der Waals surface area contributed by atoms with E-state index in [-0.39, 0.29) is 10.3 Å². The smallest absolute Gasteiger partial charge is 0.223 e. The number of halogens is 1. The molecule has 13 heavy (non-hydrogen) atoms. The average Bonchev–Trinajstić information content (AvgIpc) is 1.97. The third-order valence-electron chi connectivity index (χ3n) is 1.64. The highest BCUT2D eigenvalue weighted by molar-refractivity contribution is 7.90. The second kappa shape index (κ2) is 3.23. The van der Waals surface area contributed by atoms with E-state index in [9.17, 15) is 8.42 Å². The number of sulfone groups is 1. The van der Waals surface area contributed by atoms with Crippen LogP contribution >= 0.6 is 11.6 Å². The van der Waals surface area contributed by atoms with Crippen LogP contribution < -0.4 is 0 Å². The highest BCUT2D eigenvalue weighted by Crippen LogP contribution is 2.16. The summed E-state index contributed by atoms with van der Waals surface area (Å²) in [6, 6.07) is 0. The molecule has 0 amide bonds. The van der Waals surface area contributed by atoms with Gasteiger partial charge in [0.1, 0.15) is 5.15 Å². The number of aryl methyl sites for hydroxylation is 1. The Morgan fingerprint density at radius 2 is 1.77 bits per heavy atom. The van der Waals surface area contributed by atoms with E-state index in [1.54, 1.807) is 13.8 Å². The fraction of sp³-hybridized carbons (Fsp3) is 0.429. The molecule has 0 fully saturated rings. The maximum Gasteiger partial charge on any atom is 0.248 e. The Hall–Kier alpha value is -0.680. The molecule has 0 bridgehead atoms. The predicted octanol–water partition coefficient (Wildman–Crippen LogP) is 1.15. The van der Waals surface area contributed by atoms with E-state index < -0.39 is 9.84 Å². The van der Waals surface area contributed by atoms with Crippen molar-refractivity contribution in [2.24, 2.45) is 0 Å². The van der Waals surface area contributed by atoms with Crippen LogP contribution in [0.1, 0.15) is 11.3 Å². The van der Waals surface area contributed by atoms with Crippen LogP contribution in [0.3, 0.4) is 0 Å². The molecular weight excluding hydrogens is 212 g/mol. The van der Waals surface area contributed by atoms with Crippen molar-refractivity contribution in [2.75, 3.05) is 6.26 Å². The van der Waals surface area contributed by atoms with Gasteiger partial charge in [-0.1, -0.05) is 11.6 Å². The fourth-order valence-corrected chi connectivity index (χ4v) is 1.56. The molecule has 1 aromatic rings. The van der Waals surface area contributed by atoms with Crippen LogP contribution in [0.2, 0.25) is 5.15 Å². The van der Waals surface area contributed by atoms with Crippen molar-refractivity contribution in [1.29, 1.82) is 0 Å². The number of aromatic nitrogens is 2. The monoisotopic (exact) mass is 220 g/mol. The normalized spacial score (nSPS) is 11.7. The Kier molecular flexibility index (Phi) is 2.58. The van der Waals surface area contributed by atoms with Gasteiger partial charge in [-0.15, -0.1) is 0 Å². The minimum absolute atomic E-state index is 0.188. The van der Waals surface area contributed by atoms with Crippen molar-refractivity contribution < 1.29 is 8.42 Å². The Morgan fingerprint density at radius 1 is 1.23 bits per heavy atom. The molecule has 0 aliphatic heterocycles. The van der Waals surface area contributed by atoms with Gasteiger partial charge in [-0.2, -0.15) is 0 Å². The summed E-state index contributed by atoms with van der Waals surface area (Å²) in [6.07, 6.45) is 1.05. The van der Waals surface area contributed by atoms with Crippen LogP contribution in [0.15, 0.2) is 5.16 Å². The summed E-state index contributed by atoms with van der Waals surface area (Å²) >= 11 is 5.71. The first-order chi connectivity index (χ1) is 5.82.